The van der Waals surface area contributed by atoms with E-state index in [1.165, 1.54) is 11.5 Å². The molecule has 0 N–H and O–H groups in total. The van der Waals surface area contributed by atoms with Gasteiger partial charge in [0.15, 0.2) is 0 Å². The SMILES string of the molecule is C[C](C)C[C@H](C=O)[C@@H](c1ccccc1)N(C)C. The summed E-state index contributed by atoms with van der Waals surface area (Å²) in [6.45, 7) is 4.16. The van der Waals surface area contributed by atoms with Crippen LogP contribution in [0.1, 0.15) is 31.9 Å². The van der Waals surface area contributed by atoms with Gasteiger partial charge in [0.1, 0.15) is 6.29 Å². The number of nitrogens with zero attached hydrogens (tertiary/aromatic N) is 1. The number of rotatable bonds is 6. The fourth-order valence-electron chi connectivity index (χ4n) is 2.28. The van der Waals surface area contributed by atoms with E-state index in [1.807, 2.05) is 32.3 Å². The zero-order chi connectivity index (χ0) is 12.8. The molecule has 0 fully saturated rings. The van der Waals surface area contributed by atoms with Gasteiger partial charge in [-0.1, -0.05) is 44.2 Å². The Hall–Kier alpha value is -1.15. The quantitative estimate of drug-likeness (QED) is 0.702. The molecule has 2 nitrogen and oxygen atoms in total. The molecule has 2 heteroatoms. The maximum Gasteiger partial charge on any atom is 0.125 e. The zero-order valence-corrected chi connectivity index (χ0v) is 11.2. The maximum absolute atomic E-state index is 11.3. The van der Waals surface area contributed by atoms with E-state index in [0.29, 0.717) is 0 Å². The summed E-state index contributed by atoms with van der Waals surface area (Å²) in [5.74, 6) is 1.32. The van der Waals surface area contributed by atoms with Gasteiger partial charge in [0.2, 0.25) is 0 Å². The highest BCUT2D eigenvalue weighted by Crippen LogP contribution is 2.30. The summed E-state index contributed by atoms with van der Waals surface area (Å²) < 4.78 is 0. The number of carbonyl (C=O) groups excluding carboxylic acids is 1. The fourth-order valence-corrected chi connectivity index (χ4v) is 2.28. The van der Waals surface area contributed by atoms with Crippen molar-refractivity contribution in [3.63, 3.8) is 0 Å². The third-order valence-corrected chi connectivity index (χ3v) is 2.92. The van der Waals surface area contributed by atoms with Crippen LogP contribution >= 0.6 is 0 Å². The van der Waals surface area contributed by atoms with Crippen molar-refractivity contribution >= 4 is 6.29 Å². The zero-order valence-electron chi connectivity index (χ0n) is 11.2. The van der Waals surface area contributed by atoms with E-state index < -0.39 is 0 Å². The van der Waals surface area contributed by atoms with Crippen LogP contribution in [0.5, 0.6) is 0 Å². The third-order valence-electron chi connectivity index (χ3n) is 2.92. The first-order chi connectivity index (χ1) is 8.06. The lowest BCUT2D eigenvalue weighted by atomic mass is 9.87. The lowest BCUT2D eigenvalue weighted by Gasteiger charge is -2.30. The Morgan fingerprint density at radius 3 is 2.24 bits per heavy atom. The largest absolute Gasteiger partial charge is 0.303 e. The van der Waals surface area contributed by atoms with Crippen LogP contribution < -0.4 is 0 Å². The smallest absolute Gasteiger partial charge is 0.125 e. The summed E-state index contributed by atoms with van der Waals surface area (Å²) in [4.78, 5) is 13.4. The number of carbonyl (C=O) groups is 1. The van der Waals surface area contributed by atoms with Crippen molar-refractivity contribution in [2.45, 2.75) is 26.3 Å². The van der Waals surface area contributed by atoms with Crippen molar-refractivity contribution in [2.24, 2.45) is 5.92 Å². The van der Waals surface area contributed by atoms with Crippen LogP contribution in [0.15, 0.2) is 30.3 Å². The molecule has 0 unspecified atom stereocenters. The van der Waals surface area contributed by atoms with Crippen molar-refractivity contribution in [1.82, 2.24) is 4.90 Å². The van der Waals surface area contributed by atoms with Crippen molar-refractivity contribution in [1.29, 1.82) is 0 Å². The molecule has 1 aromatic rings. The number of hydrogen-bond acceptors (Lipinski definition) is 2. The second-order valence-electron chi connectivity index (χ2n) is 5.03. The lowest BCUT2D eigenvalue weighted by Crippen LogP contribution is -2.29. The van der Waals surface area contributed by atoms with Gasteiger partial charge in [0, 0.05) is 12.0 Å². The molecule has 0 aliphatic heterocycles. The Kier molecular flexibility index (Phi) is 5.36. The average Bonchev–Trinajstić information content (AvgIpc) is 2.28. The van der Waals surface area contributed by atoms with Crippen LogP contribution in [0.2, 0.25) is 0 Å². The first-order valence-electron chi connectivity index (χ1n) is 6.02. The fraction of sp³-hybridized carbons (Fsp3) is 0.467. The first kappa shape index (κ1) is 13.9. The molecule has 2 atom stereocenters. The summed E-state index contributed by atoms with van der Waals surface area (Å²) in [5, 5.41) is 0. The molecular formula is C15H22NO. The van der Waals surface area contributed by atoms with Crippen molar-refractivity contribution in [2.75, 3.05) is 14.1 Å². The van der Waals surface area contributed by atoms with E-state index in [0.717, 1.165) is 12.7 Å². The lowest BCUT2D eigenvalue weighted by molar-refractivity contribution is -0.113. The summed E-state index contributed by atoms with van der Waals surface area (Å²) in [6.07, 6.45) is 1.94. The van der Waals surface area contributed by atoms with Crippen LogP contribution in [0, 0.1) is 11.8 Å². The van der Waals surface area contributed by atoms with Crippen molar-refractivity contribution in [3.8, 4) is 0 Å². The number of hydrogen-bond donors (Lipinski definition) is 0. The molecule has 0 heterocycles. The number of aldehydes is 1. The van der Waals surface area contributed by atoms with E-state index in [1.54, 1.807) is 0 Å². The Labute approximate surface area is 105 Å². The standard InChI is InChI=1S/C15H22NO/c1-12(2)10-14(11-17)15(16(3)4)13-8-6-5-7-9-13/h5-9,11,14-15H,10H2,1-4H3/t14-,15-/m1/s1. The summed E-state index contributed by atoms with van der Waals surface area (Å²) in [5.41, 5.74) is 1.20. The highest BCUT2D eigenvalue weighted by Gasteiger charge is 2.25. The number of benzene rings is 1. The Balaban J connectivity index is 2.95. The molecule has 0 bridgehead atoms. The van der Waals surface area contributed by atoms with Crippen LogP contribution in [0.25, 0.3) is 0 Å². The van der Waals surface area contributed by atoms with E-state index in [2.05, 4.69) is 30.9 Å². The van der Waals surface area contributed by atoms with Gasteiger partial charge in [-0.25, -0.2) is 0 Å². The van der Waals surface area contributed by atoms with Crippen LogP contribution in [0.4, 0.5) is 0 Å². The summed E-state index contributed by atoms with van der Waals surface area (Å²) in [7, 11) is 4.05. The predicted octanol–water partition coefficient (Wildman–Crippen LogP) is 3.11. The molecule has 0 amide bonds. The van der Waals surface area contributed by atoms with Crippen LogP contribution in [0.3, 0.4) is 0 Å². The summed E-state index contributed by atoms with van der Waals surface area (Å²) in [6, 6.07) is 10.4. The van der Waals surface area contributed by atoms with Gasteiger partial charge < -0.3 is 9.69 Å². The minimum atomic E-state index is 0.0254. The Bertz CT molecular complexity index is 332. The third kappa shape index (κ3) is 3.97. The van der Waals surface area contributed by atoms with Crippen molar-refractivity contribution in [3.05, 3.63) is 41.8 Å². The second kappa shape index (κ2) is 6.55. The van der Waals surface area contributed by atoms with E-state index >= 15 is 0 Å². The predicted molar refractivity (Wildman–Crippen MR) is 71.6 cm³/mol. The molecule has 0 aliphatic carbocycles. The molecule has 0 spiro atoms. The highest BCUT2D eigenvalue weighted by atomic mass is 16.1. The minimum Gasteiger partial charge on any atom is -0.303 e. The Morgan fingerprint density at radius 1 is 1.24 bits per heavy atom. The maximum atomic E-state index is 11.3. The second-order valence-corrected chi connectivity index (χ2v) is 5.03. The molecular weight excluding hydrogens is 210 g/mol. The molecule has 1 radical (unpaired) electrons. The van der Waals surface area contributed by atoms with E-state index in [4.69, 9.17) is 0 Å². The molecule has 93 valence electrons. The molecule has 17 heavy (non-hydrogen) atoms. The van der Waals surface area contributed by atoms with Gasteiger partial charge in [-0.2, -0.15) is 0 Å². The van der Waals surface area contributed by atoms with Gasteiger partial charge in [0.05, 0.1) is 0 Å². The van der Waals surface area contributed by atoms with Gasteiger partial charge >= 0.3 is 0 Å². The van der Waals surface area contributed by atoms with Crippen LogP contribution in [-0.2, 0) is 4.79 Å². The monoisotopic (exact) mass is 232 g/mol. The van der Waals surface area contributed by atoms with Gasteiger partial charge in [-0.05, 0) is 32.0 Å². The molecule has 1 rings (SSSR count). The average molecular weight is 232 g/mol. The molecule has 0 saturated heterocycles. The van der Waals surface area contributed by atoms with E-state index in [9.17, 15) is 4.79 Å². The molecule has 0 aromatic heterocycles. The Morgan fingerprint density at radius 2 is 1.82 bits per heavy atom. The topological polar surface area (TPSA) is 20.3 Å². The van der Waals surface area contributed by atoms with E-state index in [-0.39, 0.29) is 12.0 Å². The molecule has 1 aromatic carbocycles. The minimum absolute atomic E-state index is 0.0254. The summed E-state index contributed by atoms with van der Waals surface area (Å²) >= 11 is 0. The van der Waals surface area contributed by atoms with Crippen molar-refractivity contribution < 1.29 is 4.79 Å². The highest BCUT2D eigenvalue weighted by molar-refractivity contribution is 5.56. The first-order valence-corrected chi connectivity index (χ1v) is 6.02. The molecule has 0 aliphatic rings. The van der Waals surface area contributed by atoms with Gasteiger partial charge in [0.25, 0.3) is 0 Å². The molecule has 0 saturated carbocycles. The van der Waals surface area contributed by atoms with Crippen LogP contribution in [-0.4, -0.2) is 25.3 Å². The normalized spacial score (nSPS) is 14.9. The van der Waals surface area contributed by atoms with Gasteiger partial charge in [-0.3, -0.25) is 0 Å². The van der Waals surface area contributed by atoms with Gasteiger partial charge in [-0.15, -0.1) is 0 Å².